The Bertz CT molecular complexity index is 421. The normalized spacial score (nSPS) is 13.9. The third-order valence-corrected chi connectivity index (χ3v) is 2.36. The first-order valence-corrected chi connectivity index (χ1v) is 5.13. The number of anilines is 1. The Morgan fingerprint density at radius 3 is 2.94 bits per heavy atom. The SMILES string of the molecule is [N-]=[N+]=NCC(O)C(O)c1cc(Br)cnc1N. The number of nitrogens with two attached hydrogens (primary N) is 1. The molecule has 1 heterocycles. The molecule has 0 aromatic carbocycles. The average molecular weight is 288 g/mol. The van der Waals surface area contributed by atoms with E-state index in [1.54, 1.807) is 6.07 Å². The third kappa shape index (κ3) is 3.07. The van der Waals surface area contributed by atoms with Gasteiger partial charge in [0.05, 0.1) is 12.6 Å². The predicted octanol–water partition coefficient (Wildman–Crippen LogP) is 1.13. The van der Waals surface area contributed by atoms with Crippen LogP contribution in [0.2, 0.25) is 0 Å². The number of azide groups is 1. The van der Waals surface area contributed by atoms with E-state index in [0.29, 0.717) is 4.47 Å². The molecule has 2 atom stereocenters. The number of aliphatic hydroxyl groups excluding tert-OH is 2. The molecule has 1 aromatic rings. The van der Waals surface area contributed by atoms with Crippen LogP contribution in [0.15, 0.2) is 21.9 Å². The second-order valence-electron chi connectivity index (χ2n) is 3.05. The molecular weight excluding hydrogens is 278 g/mol. The van der Waals surface area contributed by atoms with Gasteiger partial charge < -0.3 is 15.9 Å². The summed E-state index contributed by atoms with van der Waals surface area (Å²) in [6.45, 7) is -0.233. The predicted molar refractivity (Wildman–Crippen MR) is 61.3 cm³/mol. The lowest BCUT2D eigenvalue weighted by Gasteiger charge is -2.17. The summed E-state index contributed by atoms with van der Waals surface area (Å²) in [7, 11) is 0. The molecule has 16 heavy (non-hydrogen) atoms. The topological polar surface area (TPSA) is 128 Å². The Kier molecular flexibility index (Phi) is 4.51. The van der Waals surface area contributed by atoms with Gasteiger partial charge in [-0.3, -0.25) is 0 Å². The number of aliphatic hydroxyl groups is 2. The highest BCUT2D eigenvalue weighted by molar-refractivity contribution is 9.10. The van der Waals surface area contributed by atoms with E-state index in [1.165, 1.54) is 6.20 Å². The smallest absolute Gasteiger partial charge is 0.129 e. The first-order chi connectivity index (χ1) is 7.56. The fourth-order valence-electron chi connectivity index (χ4n) is 1.13. The van der Waals surface area contributed by atoms with Gasteiger partial charge in [-0.25, -0.2) is 4.98 Å². The monoisotopic (exact) mass is 287 g/mol. The van der Waals surface area contributed by atoms with E-state index in [2.05, 4.69) is 30.9 Å². The first-order valence-electron chi connectivity index (χ1n) is 4.34. The summed E-state index contributed by atoms with van der Waals surface area (Å²) < 4.78 is 0.631. The zero-order valence-electron chi connectivity index (χ0n) is 8.16. The first kappa shape index (κ1) is 12.7. The molecule has 4 N–H and O–H groups in total. The van der Waals surface area contributed by atoms with Crippen molar-refractivity contribution in [1.29, 1.82) is 0 Å². The Hall–Kier alpha value is -1.34. The maximum atomic E-state index is 9.75. The number of nitrogens with zero attached hydrogens (tertiary/aromatic N) is 4. The molecule has 0 aliphatic heterocycles. The van der Waals surface area contributed by atoms with Gasteiger partial charge in [-0.15, -0.1) is 0 Å². The number of aromatic nitrogens is 1. The minimum absolute atomic E-state index is 0.121. The van der Waals surface area contributed by atoms with Crippen molar-refractivity contribution in [1.82, 2.24) is 4.98 Å². The molecule has 1 aromatic heterocycles. The van der Waals surface area contributed by atoms with Gasteiger partial charge in [-0.05, 0) is 27.5 Å². The van der Waals surface area contributed by atoms with Gasteiger partial charge in [0, 0.05) is 21.1 Å². The zero-order chi connectivity index (χ0) is 12.1. The summed E-state index contributed by atoms with van der Waals surface area (Å²) in [6.07, 6.45) is -0.976. The number of rotatable bonds is 4. The highest BCUT2D eigenvalue weighted by atomic mass is 79.9. The Morgan fingerprint density at radius 2 is 2.31 bits per heavy atom. The second-order valence-corrected chi connectivity index (χ2v) is 3.97. The largest absolute Gasteiger partial charge is 0.390 e. The summed E-state index contributed by atoms with van der Waals surface area (Å²) in [6, 6.07) is 1.55. The number of pyridine rings is 1. The maximum absolute atomic E-state index is 9.75. The summed E-state index contributed by atoms with van der Waals surface area (Å²) in [5.74, 6) is 0.121. The quantitative estimate of drug-likeness (QED) is 0.435. The molecular formula is C8H10BrN5O2. The third-order valence-electron chi connectivity index (χ3n) is 1.93. The lowest BCUT2D eigenvalue weighted by Crippen LogP contribution is -2.22. The van der Waals surface area contributed by atoms with Crippen LogP contribution in [0, 0.1) is 0 Å². The van der Waals surface area contributed by atoms with Crippen molar-refractivity contribution in [2.24, 2.45) is 5.11 Å². The van der Waals surface area contributed by atoms with Crippen LogP contribution in [0.1, 0.15) is 11.7 Å². The molecule has 0 saturated carbocycles. The summed E-state index contributed by atoms with van der Waals surface area (Å²) >= 11 is 3.17. The van der Waals surface area contributed by atoms with E-state index < -0.39 is 12.2 Å². The van der Waals surface area contributed by atoms with E-state index >= 15 is 0 Å². The van der Waals surface area contributed by atoms with Gasteiger partial charge in [0.2, 0.25) is 0 Å². The molecule has 8 heteroatoms. The van der Waals surface area contributed by atoms with E-state index in [9.17, 15) is 10.2 Å². The minimum Gasteiger partial charge on any atom is -0.390 e. The van der Waals surface area contributed by atoms with Crippen LogP contribution in [0.4, 0.5) is 5.82 Å². The van der Waals surface area contributed by atoms with Gasteiger partial charge in [-0.1, -0.05) is 5.11 Å². The fraction of sp³-hybridized carbons (Fsp3) is 0.375. The molecule has 0 spiro atoms. The lowest BCUT2D eigenvalue weighted by molar-refractivity contribution is 0.0246. The molecule has 0 aliphatic rings. The van der Waals surface area contributed by atoms with Crippen LogP contribution >= 0.6 is 15.9 Å². The van der Waals surface area contributed by atoms with Crippen LogP contribution in [0.5, 0.6) is 0 Å². The van der Waals surface area contributed by atoms with E-state index in [4.69, 9.17) is 11.3 Å². The summed E-state index contributed by atoms with van der Waals surface area (Å²) in [5, 5.41) is 22.4. The van der Waals surface area contributed by atoms with Gasteiger partial charge in [-0.2, -0.15) is 0 Å². The van der Waals surface area contributed by atoms with Crippen molar-refractivity contribution in [3.8, 4) is 0 Å². The molecule has 0 bridgehead atoms. The summed E-state index contributed by atoms with van der Waals surface area (Å²) in [4.78, 5) is 6.31. The number of nitrogen functional groups attached to an aromatic ring is 1. The van der Waals surface area contributed by atoms with Crippen molar-refractivity contribution >= 4 is 21.7 Å². The molecule has 7 nitrogen and oxygen atoms in total. The van der Waals surface area contributed by atoms with Crippen molar-refractivity contribution in [3.05, 3.63) is 32.7 Å². The van der Waals surface area contributed by atoms with Crippen LogP contribution < -0.4 is 5.73 Å². The van der Waals surface area contributed by atoms with Crippen molar-refractivity contribution in [2.75, 3.05) is 12.3 Å². The molecule has 0 fully saturated rings. The molecule has 86 valence electrons. The van der Waals surface area contributed by atoms with Gasteiger partial charge in [0.25, 0.3) is 0 Å². The standard InChI is InChI=1S/C8H10BrN5O2/c9-4-1-5(8(10)12-2-4)7(16)6(15)3-13-14-11/h1-2,6-7,15-16H,3H2,(H2,10,12). The van der Waals surface area contributed by atoms with Crippen LogP contribution in [0.3, 0.4) is 0 Å². The highest BCUT2D eigenvalue weighted by Gasteiger charge is 2.20. The average Bonchev–Trinajstić information content (AvgIpc) is 2.28. The number of hydrogen-bond donors (Lipinski definition) is 3. The van der Waals surface area contributed by atoms with Crippen LogP contribution in [-0.4, -0.2) is 27.8 Å². The second kappa shape index (κ2) is 5.66. The Morgan fingerprint density at radius 1 is 1.62 bits per heavy atom. The number of hydrogen-bond acceptors (Lipinski definition) is 5. The van der Waals surface area contributed by atoms with E-state index in [0.717, 1.165) is 0 Å². The molecule has 0 radical (unpaired) electrons. The highest BCUT2D eigenvalue weighted by Crippen LogP contribution is 2.24. The van der Waals surface area contributed by atoms with Crippen LogP contribution in [-0.2, 0) is 0 Å². The van der Waals surface area contributed by atoms with Gasteiger partial charge >= 0.3 is 0 Å². The maximum Gasteiger partial charge on any atom is 0.129 e. The van der Waals surface area contributed by atoms with Gasteiger partial charge in [0.15, 0.2) is 0 Å². The molecule has 0 aliphatic carbocycles. The summed E-state index contributed by atoms with van der Waals surface area (Å²) in [5.41, 5.74) is 13.9. The van der Waals surface area contributed by atoms with Gasteiger partial charge in [0.1, 0.15) is 11.9 Å². The van der Waals surface area contributed by atoms with E-state index in [-0.39, 0.29) is 17.9 Å². The van der Waals surface area contributed by atoms with Crippen molar-refractivity contribution < 1.29 is 10.2 Å². The fourth-order valence-corrected chi connectivity index (χ4v) is 1.48. The zero-order valence-corrected chi connectivity index (χ0v) is 9.74. The Labute approximate surface area is 99.7 Å². The van der Waals surface area contributed by atoms with Crippen LogP contribution in [0.25, 0.3) is 10.4 Å². The number of halogens is 1. The van der Waals surface area contributed by atoms with Crippen molar-refractivity contribution in [2.45, 2.75) is 12.2 Å². The lowest BCUT2D eigenvalue weighted by atomic mass is 10.1. The van der Waals surface area contributed by atoms with Crippen molar-refractivity contribution in [3.63, 3.8) is 0 Å². The Balaban J connectivity index is 2.90. The molecule has 0 amide bonds. The molecule has 0 saturated heterocycles. The molecule has 2 unspecified atom stereocenters. The van der Waals surface area contributed by atoms with E-state index in [1.807, 2.05) is 0 Å². The minimum atomic E-state index is -1.24. The molecule has 1 rings (SSSR count).